The number of hydrogen-bond acceptors (Lipinski definition) is 7. The molecule has 174 valence electrons. The summed E-state index contributed by atoms with van der Waals surface area (Å²) in [6, 6.07) is 5.70. The van der Waals surface area contributed by atoms with Crippen LogP contribution in [-0.4, -0.2) is 22.3 Å². The van der Waals surface area contributed by atoms with Crippen LogP contribution >= 0.6 is 23.5 Å². The Kier molecular flexibility index (Phi) is 7.84. The van der Waals surface area contributed by atoms with Crippen molar-refractivity contribution >= 4 is 41.2 Å². The smallest absolute Gasteiger partial charge is 0.196 e. The van der Waals surface area contributed by atoms with Crippen molar-refractivity contribution in [1.82, 2.24) is 9.78 Å². The Morgan fingerprint density at radius 2 is 2.09 bits per heavy atom. The zero-order valence-corrected chi connectivity index (χ0v) is 20.9. The topological polar surface area (TPSA) is 95.6 Å². The first kappa shape index (κ1) is 24.8. The molecule has 2 N–H and O–H groups in total. The van der Waals surface area contributed by atoms with Gasteiger partial charge in [-0.15, -0.1) is 0 Å². The van der Waals surface area contributed by atoms with Gasteiger partial charge in [0.25, 0.3) is 0 Å². The van der Waals surface area contributed by atoms with E-state index in [2.05, 4.69) is 16.8 Å². The van der Waals surface area contributed by atoms with Crippen LogP contribution in [-0.2, 0) is 11.8 Å². The molecular formula is C24H27ClN4O3S. The molecule has 7 nitrogen and oxygen atoms in total. The maximum absolute atomic E-state index is 13.3. The third-order valence-electron chi connectivity index (χ3n) is 5.18. The van der Waals surface area contributed by atoms with Gasteiger partial charge in [0.1, 0.15) is 28.3 Å². The molecule has 0 radical (unpaired) electrons. The number of ether oxygens (including phenoxy) is 1. The van der Waals surface area contributed by atoms with Gasteiger partial charge in [-0.1, -0.05) is 23.5 Å². The molecular weight excluding hydrogens is 460 g/mol. The average Bonchev–Trinajstić information content (AvgIpc) is 3.11. The fourth-order valence-electron chi connectivity index (χ4n) is 3.65. The largest absolute Gasteiger partial charge is 0.489 e. The Balaban J connectivity index is 2.17. The van der Waals surface area contributed by atoms with E-state index in [0.29, 0.717) is 33.8 Å². The highest BCUT2D eigenvalue weighted by Crippen LogP contribution is 2.33. The highest BCUT2D eigenvalue weighted by atomic mass is 35.5. The summed E-state index contributed by atoms with van der Waals surface area (Å²) < 4.78 is 14.3. The molecule has 0 spiro atoms. The van der Waals surface area contributed by atoms with E-state index in [4.69, 9.17) is 25.9 Å². The van der Waals surface area contributed by atoms with Gasteiger partial charge in [-0.25, -0.2) is 0 Å². The monoisotopic (exact) mass is 486 g/mol. The van der Waals surface area contributed by atoms with Crippen molar-refractivity contribution in [3.63, 3.8) is 0 Å². The third kappa shape index (κ3) is 5.40. The lowest BCUT2D eigenvalue weighted by Gasteiger charge is -2.19. The summed E-state index contributed by atoms with van der Waals surface area (Å²) in [5.41, 5.74) is 4.20. The van der Waals surface area contributed by atoms with Crippen LogP contribution in [0.5, 0.6) is 0 Å². The van der Waals surface area contributed by atoms with Gasteiger partial charge in [-0.2, -0.15) is 5.10 Å². The normalized spacial score (nSPS) is 13.4. The maximum atomic E-state index is 13.3. The number of aliphatic imine (C=N–C) groups is 1. The van der Waals surface area contributed by atoms with Crippen LogP contribution in [0.3, 0.4) is 0 Å². The molecule has 0 saturated heterocycles. The summed E-state index contributed by atoms with van der Waals surface area (Å²) in [5.74, 6) is 1.52. The SMILES string of the molecule is C=N/C(Cl)=C\C=C(/CSN)OC(C)c1cc(C)cc2c(=O)c(C)c(-c3cc(C)nn3C)oc12. The minimum absolute atomic E-state index is 0.0812. The number of allylic oxidation sites excluding steroid dienone is 2. The van der Waals surface area contributed by atoms with E-state index in [1.807, 2.05) is 46.0 Å². The molecule has 3 aromatic rings. The molecule has 0 aliphatic carbocycles. The number of nitrogens with zero attached hydrogens (tertiary/aromatic N) is 3. The average molecular weight is 487 g/mol. The van der Waals surface area contributed by atoms with E-state index >= 15 is 0 Å². The highest BCUT2D eigenvalue weighted by Gasteiger charge is 2.21. The number of fused-ring (bicyclic) bond motifs is 1. The molecule has 1 atom stereocenters. The number of benzene rings is 1. The van der Waals surface area contributed by atoms with Crippen molar-refractivity contribution in [2.75, 3.05) is 5.75 Å². The highest BCUT2D eigenvalue weighted by molar-refractivity contribution is 7.97. The van der Waals surface area contributed by atoms with Gasteiger partial charge in [-0.3, -0.25) is 19.6 Å². The van der Waals surface area contributed by atoms with Gasteiger partial charge in [0.05, 0.1) is 16.8 Å². The number of aromatic nitrogens is 2. The van der Waals surface area contributed by atoms with Gasteiger partial charge >= 0.3 is 0 Å². The second kappa shape index (κ2) is 10.4. The molecule has 33 heavy (non-hydrogen) atoms. The molecule has 0 amide bonds. The zero-order valence-electron chi connectivity index (χ0n) is 19.3. The molecule has 1 unspecified atom stereocenters. The fraction of sp³-hybridized carbons (Fsp3) is 0.292. The van der Waals surface area contributed by atoms with Crippen LogP contribution in [0, 0.1) is 20.8 Å². The lowest BCUT2D eigenvalue weighted by atomic mass is 10.0. The van der Waals surface area contributed by atoms with Crippen LogP contribution < -0.4 is 10.6 Å². The van der Waals surface area contributed by atoms with Gasteiger partial charge in [-0.05, 0) is 70.3 Å². The third-order valence-corrected chi connectivity index (χ3v) is 5.87. The van der Waals surface area contributed by atoms with E-state index in [-0.39, 0.29) is 10.6 Å². The molecule has 1 aromatic carbocycles. The summed E-state index contributed by atoms with van der Waals surface area (Å²) in [7, 11) is 1.83. The molecule has 0 aliphatic rings. The molecule has 0 aliphatic heterocycles. The lowest BCUT2D eigenvalue weighted by molar-refractivity contribution is 0.136. The minimum atomic E-state index is -0.429. The summed E-state index contributed by atoms with van der Waals surface area (Å²) in [6.45, 7) is 10.9. The van der Waals surface area contributed by atoms with Crippen LogP contribution in [0.1, 0.15) is 35.4 Å². The Morgan fingerprint density at radius 3 is 2.70 bits per heavy atom. The van der Waals surface area contributed by atoms with Gasteiger partial charge in [0.15, 0.2) is 11.2 Å². The van der Waals surface area contributed by atoms with Gasteiger partial charge < -0.3 is 9.15 Å². The second-order valence-electron chi connectivity index (χ2n) is 7.76. The maximum Gasteiger partial charge on any atom is 0.196 e. The minimum Gasteiger partial charge on any atom is -0.489 e. The van der Waals surface area contributed by atoms with Crippen molar-refractivity contribution in [2.45, 2.75) is 33.8 Å². The lowest BCUT2D eigenvalue weighted by Crippen LogP contribution is -2.11. The van der Waals surface area contributed by atoms with Crippen molar-refractivity contribution in [3.05, 3.63) is 73.9 Å². The van der Waals surface area contributed by atoms with E-state index in [0.717, 1.165) is 34.5 Å². The molecule has 0 bridgehead atoms. The van der Waals surface area contributed by atoms with Crippen LogP contribution in [0.4, 0.5) is 0 Å². The molecule has 9 heteroatoms. The standard InChI is InChI=1S/C24H27ClN4O3S/c1-13-9-18(16(4)31-17(12-33-26)7-8-21(25)27-5)24-19(10-13)22(30)15(3)23(32-24)20-11-14(2)28-29(20)6/h7-11,16H,5,12,26H2,1-4,6H3/b17-7+,21-8-. The van der Waals surface area contributed by atoms with Crippen molar-refractivity contribution in [1.29, 1.82) is 0 Å². The number of nitrogens with two attached hydrogens (primary N) is 1. The number of halogens is 1. The van der Waals surface area contributed by atoms with Crippen molar-refractivity contribution in [2.24, 2.45) is 17.2 Å². The zero-order chi connectivity index (χ0) is 24.3. The van der Waals surface area contributed by atoms with E-state index < -0.39 is 6.10 Å². The van der Waals surface area contributed by atoms with Crippen molar-refractivity contribution < 1.29 is 9.15 Å². The van der Waals surface area contributed by atoms with E-state index in [1.165, 1.54) is 0 Å². The van der Waals surface area contributed by atoms with Gasteiger partial charge in [0, 0.05) is 18.2 Å². The Labute approximate surface area is 202 Å². The van der Waals surface area contributed by atoms with Crippen LogP contribution in [0.2, 0.25) is 0 Å². The van der Waals surface area contributed by atoms with Crippen LogP contribution in [0.15, 0.2) is 55.5 Å². The summed E-state index contributed by atoms with van der Waals surface area (Å²) in [4.78, 5) is 17.0. The first-order chi connectivity index (χ1) is 15.7. The first-order valence-electron chi connectivity index (χ1n) is 10.3. The fourth-order valence-corrected chi connectivity index (χ4v) is 4.04. The van der Waals surface area contributed by atoms with Gasteiger partial charge in [0.2, 0.25) is 0 Å². The Morgan fingerprint density at radius 1 is 1.36 bits per heavy atom. The number of rotatable bonds is 8. The molecule has 0 fully saturated rings. The predicted molar refractivity (Wildman–Crippen MR) is 137 cm³/mol. The Bertz CT molecular complexity index is 1320. The molecule has 0 saturated carbocycles. The summed E-state index contributed by atoms with van der Waals surface area (Å²) in [6.07, 6.45) is 2.87. The first-order valence-corrected chi connectivity index (χ1v) is 11.7. The molecule has 2 heterocycles. The predicted octanol–water partition coefficient (Wildman–Crippen LogP) is 5.47. The second-order valence-corrected chi connectivity index (χ2v) is 8.77. The number of hydrogen-bond donors (Lipinski definition) is 1. The quantitative estimate of drug-likeness (QED) is 0.149. The summed E-state index contributed by atoms with van der Waals surface area (Å²) >= 11 is 7.05. The number of aryl methyl sites for hydroxylation is 3. The van der Waals surface area contributed by atoms with E-state index in [1.54, 1.807) is 23.8 Å². The Hall–Kier alpha value is -2.81. The summed E-state index contributed by atoms with van der Waals surface area (Å²) in [5, 5.41) is 10.8. The van der Waals surface area contributed by atoms with E-state index in [9.17, 15) is 4.79 Å². The van der Waals surface area contributed by atoms with Crippen molar-refractivity contribution in [3.8, 4) is 11.5 Å². The molecule has 3 rings (SSSR count). The van der Waals surface area contributed by atoms with Crippen LogP contribution in [0.25, 0.3) is 22.4 Å². The molecule has 2 aromatic heterocycles.